The fourth-order valence-electron chi connectivity index (χ4n) is 2.71. The molecule has 1 saturated heterocycles. The van der Waals surface area contributed by atoms with Gasteiger partial charge in [-0.25, -0.2) is 21.2 Å². The summed E-state index contributed by atoms with van der Waals surface area (Å²) in [5.41, 5.74) is 0. The van der Waals surface area contributed by atoms with Gasteiger partial charge in [0.05, 0.1) is 29.2 Å². The number of sulfone groups is 1. The summed E-state index contributed by atoms with van der Waals surface area (Å²) in [6.45, 7) is -0.0765. The number of sulfonamides is 1. The molecule has 0 radical (unpaired) electrons. The Hall–Kier alpha value is -1.71. The molecule has 3 rings (SSSR count). The lowest BCUT2D eigenvalue weighted by atomic mass is 10.2. The molecule has 130 valence electrons. The van der Waals surface area contributed by atoms with Gasteiger partial charge in [-0.15, -0.1) is 0 Å². The predicted molar refractivity (Wildman–Crippen MR) is 84.9 cm³/mol. The lowest BCUT2D eigenvalue weighted by molar-refractivity contribution is 0.307. The van der Waals surface area contributed by atoms with E-state index >= 15 is 0 Å². The standard InChI is InChI=1S/C15H16FNO5S2/c16-12-3-5-15(6-4-12)24(20,21)17(10-14-2-1-8-22-14)13-7-9-23(18,19)11-13/h1-6,8,13H,7,9-11H2/t13-/m0/s1. The van der Waals surface area contributed by atoms with E-state index in [0.29, 0.717) is 5.76 Å². The average molecular weight is 373 g/mol. The van der Waals surface area contributed by atoms with Crippen LogP contribution in [0.15, 0.2) is 52.0 Å². The van der Waals surface area contributed by atoms with Crippen molar-refractivity contribution in [1.82, 2.24) is 4.31 Å². The molecule has 0 amide bonds. The molecule has 6 nitrogen and oxygen atoms in total. The number of hydrogen-bond acceptors (Lipinski definition) is 5. The monoisotopic (exact) mass is 373 g/mol. The summed E-state index contributed by atoms with van der Waals surface area (Å²) in [4.78, 5) is -0.0836. The Labute approximate surface area is 139 Å². The van der Waals surface area contributed by atoms with Gasteiger partial charge in [0.25, 0.3) is 0 Å². The number of furan rings is 1. The van der Waals surface area contributed by atoms with Gasteiger partial charge in [0.1, 0.15) is 11.6 Å². The topological polar surface area (TPSA) is 84.7 Å². The first kappa shape index (κ1) is 17.1. The second-order valence-electron chi connectivity index (χ2n) is 5.64. The molecule has 2 heterocycles. The van der Waals surface area contributed by atoms with Crippen molar-refractivity contribution in [2.45, 2.75) is 23.9 Å². The van der Waals surface area contributed by atoms with Crippen molar-refractivity contribution in [2.24, 2.45) is 0 Å². The van der Waals surface area contributed by atoms with Gasteiger partial charge in [0, 0.05) is 6.04 Å². The van der Waals surface area contributed by atoms with Crippen molar-refractivity contribution in [2.75, 3.05) is 11.5 Å². The maximum Gasteiger partial charge on any atom is 0.243 e. The maximum atomic E-state index is 13.1. The van der Waals surface area contributed by atoms with Gasteiger partial charge in [-0.2, -0.15) is 4.31 Å². The van der Waals surface area contributed by atoms with Crippen LogP contribution in [0.1, 0.15) is 12.2 Å². The molecule has 1 aliphatic heterocycles. The van der Waals surface area contributed by atoms with Crippen molar-refractivity contribution in [3.05, 3.63) is 54.2 Å². The molecular weight excluding hydrogens is 357 g/mol. The molecule has 1 fully saturated rings. The Bertz CT molecular complexity index is 905. The molecule has 9 heteroatoms. The van der Waals surface area contributed by atoms with Crippen LogP contribution in [0, 0.1) is 5.82 Å². The predicted octanol–water partition coefficient (Wildman–Crippen LogP) is 1.80. The smallest absolute Gasteiger partial charge is 0.243 e. The van der Waals surface area contributed by atoms with E-state index in [1.165, 1.54) is 18.4 Å². The Morgan fingerprint density at radius 2 is 1.92 bits per heavy atom. The number of hydrogen-bond donors (Lipinski definition) is 0. The van der Waals surface area contributed by atoms with Crippen LogP contribution in [0.5, 0.6) is 0 Å². The molecule has 1 aliphatic rings. The fourth-order valence-corrected chi connectivity index (χ4v) is 6.16. The highest BCUT2D eigenvalue weighted by Gasteiger charge is 2.39. The molecular formula is C15H16FNO5S2. The third-order valence-electron chi connectivity index (χ3n) is 3.93. The molecule has 1 aromatic heterocycles. The van der Waals surface area contributed by atoms with Crippen molar-refractivity contribution >= 4 is 19.9 Å². The van der Waals surface area contributed by atoms with Gasteiger partial charge in [0.2, 0.25) is 10.0 Å². The zero-order chi connectivity index (χ0) is 17.4. The van der Waals surface area contributed by atoms with Crippen LogP contribution in [0.2, 0.25) is 0 Å². The van der Waals surface area contributed by atoms with E-state index in [4.69, 9.17) is 4.42 Å². The molecule has 0 bridgehead atoms. The molecule has 0 aliphatic carbocycles. The SMILES string of the molecule is O=S1(=O)CC[C@H](N(Cc2ccco2)S(=O)(=O)c2ccc(F)cc2)C1. The first-order valence-corrected chi connectivity index (χ1v) is 10.5. The molecule has 24 heavy (non-hydrogen) atoms. The highest BCUT2D eigenvalue weighted by atomic mass is 32.2. The molecule has 0 unspecified atom stereocenters. The van der Waals surface area contributed by atoms with Crippen LogP contribution in [-0.2, 0) is 26.4 Å². The molecule has 1 aromatic carbocycles. The first-order valence-electron chi connectivity index (χ1n) is 7.28. The Kier molecular flexibility index (Phi) is 4.50. The van der Waals surface area contributed by atoms with E-state index in [1.807, 2.05) is 0 Å². The van der Waals surface area contributed by atoms with Crippen molar-refractivity contribution < 1.29 is 25.6 Å². The van der Waals surface area contributed by atoms with E-state index < -0.39 is 31.7 Å². The summed E-state index contributed by atoms with van der Waals surface area (Å²) in [5, 5.41) is 0. The number of benzene rings is 1. The highest BCUT2D eigenvalue weighted by molar-refractivity contribution is 7.92. The third kappa shape index (κ3) is 3.52. The summed E-state index contributed by atoms with van der Waals surface area (Å²) < 4.78 is 68.8. The van der Waals surface area contributed by atoms with Crippen LogP contribution in [0.4, 0.5) is 4.39 Å². The van der Waals surface area contributed by atoms with Gasteiger partial charge in [-0.1, -0.05) is 0 Å². The quantitative estimate of drug-likeness (QED) is 0.798. The van der Waals surface area contributed by atoms with Gasteiger partial charge in [-0.05, 0) is 42.8 Å². The fraction of sp³-hybridized carbons (Fsp3) is 0.333. The summed E-state index contributed by atoms with van der Waals surface area (Å²) in [7, 11) is -7.25. The largest absolute Gasteiger partial charge is 0.468 e. The summed E-state index contributed by atoms with van der Waals surface area (Å²) in [6, 6.07) is 7.04. The summed E-state index contributed by atoms with van der Waals surface area (Å²) in [6.07, 6.45) is 1.65. The first-order chi connectivity index (χ1) is 11.3. The van der Waals surface area contributed by atoms with Gasteiger partial charge in [-0.3, -0.25) is 0 Å². The third-order valence-corrected chi connectivity index (χ3v) is 7.59. The van der Waals surface area contributed by atoms with Gasteiger partial charge < -0.3 is 4.42 Å². The molecule has 1 atom stereocenters. The average Bonchev–Trinajstić information content (AvgIpc) is 3.14. The summed E-state index contributed by atoms with van der Waals surface area (Å²) >= 11 is 0. The normalized spacial score (nSPS) is 20.5. The Morgan fingerprint density at radius 3 is 2.46 bits per heavy atom. The van der Waals surface area contributed by atoms with Crippen molar-refractivity contribution in [1.29, 1.82) is 0 Å². The van der Waals surface area contributed by atoms with E-state index in [1.54, 1.807) is 12.1 Å². The lowest BCUT2D eigenvalue weighted by Crippen LogP contribution is -2.40. The minimum absolute atomic E-state index is 0.0503. The van der Waals surface area contributed by atoms with Crippen LogP contribution >= 0.6 is 0 Å². The zero-order valence-electron chi connectivity index (χ0n) is 12.6. The number of rotatable bonds is 5. The minimum Gasteiger partial charge on any atom is -0.468 e. The van der Waals surface area contributed by atoms with Crippen molar-refractivity contribution in [3.8, 4) is 0 Å². The van der Waals surface area contributed by atoms with Crippen LogP contribution in [0.3, 0.4) is 0 Å². The Balaban J connectivity index is 1.98. The molecule has 2 aromatic rings. The van der Waals surface area contributed by atoms with Crippen LogP contribution < -0.4 is 0 Å². The summed E-state index contributed by atoms with van der Waals surface area (Å²) in [5.74, 6) is -0.417. The van der Waals surface area contributed by atoms with Crippen LogP contribution in [-0.4, -0.2) is 38.7 Å². The van der Waals surface area contributed by atoms with Gasteiger partial charge >= 0.3 is 0 Å². The maximum absolute atomic E-state index is 13.1. The van der Waals surface area contributed by atoms with Gasteiger partial charge in [0.15, 0.2) is 9.84 Å². The second-order valence-corrected chi connectivity index (χ2v) is 9.76. The number of halogens is 1. The zero-order valence-corrected chi connectivity index (χ0v) is 14.3. The molecule has 0 saturated carbocycles. The number of nitrogens with zero attached hydrogens (tertiary/aromatic N) is 1. The molecule has 0 spiro atoms. The van der Waals surface area contributed by atoms with E-state index in [-0.39, 0.29) is 29.4 Å². The Morgan fingerprint density at radius 1 is 1.21 bits per heavy atom. The minimum atomic E-state index is -3.99. The second kappa shape index (κ2) is 6.30. The molecule has 0 N–H and O–H groups in total. The van der Waals surface area contributed by atoms with Crippen molar-refractivity contribution in [3.63, 3.8) is 0 Å². The van der Waals surface area contributed by atoms with E-state index in [9.17, 15) is 21.2 Å². The highest BCUT2D eigenvalue weighted by Crippen LogP contribution is 2.27. The van der Waals surface area contributed by atoms with E-state index in [2.05, 4.69) is 0 Å². The lowest BCUT2D eigenvalue weighted by Gasteiger charge is -2.26. The van der Waals surface area contributed by atoms with E-state index in [0.717, 1.165) is 16.4 Å². The van der Waals surface area contributed by atoms with Crippen LogP contribution in [0.25, 0.3) is 0 Å².